The number of carbonyl (C=O) groups excluding carboxylic acids is 2. The Hall–Kier alpha value is -3.07. The Morgan fingerprint density at radius 3 is 2.39 bits per heavy atom. The van der Waals surface area contributed by atoms with E-state index in [9.17, 15) is 9.59 Å². The van der Waals surface area contributed by atoms with Crippen LogP contribution >= 0.6 is 34.5 Å². The Balaban J connectivity index is 1.41. The minimum atomic E-state index is -0.251. The molecule has 33 heavy (non-hydrogen) atoms. The molecule has 0 spiro atoms. The molecule has 1 aliphatic heterocycles. The monoisotopic (exact) mass is 501 g/mol. The van der Waals surface area contributed by atoms with Gasteiger partial charge in [0.05, 0.1) is 17.5 Å². The van der Waals surface area contributed by atoms with Crippen LogP contribution in [-0.4, -0.2) is 47.8 Å². The molecule has 7 nitrogen and oxygen atoms in total. The fourth-order valence-corrected chi connectivity index (χ4v) is 5.20. The van der Waals surface area contributed by atoms with Gasteiger partial charge >= 0.3 is 0 Å². The Bertz CT molecular complexity index is 1290. The van der Waals surface area contributed by atoms with E-state index in [1.165, 1.54) is 23.9 Å². The van der Waals surface area contributed by atoms with Crippen molar-refractivity contribution in [1.82, 2.24) is 9.88 Å². The van der Waals surface area contributed by atoms with Gasteiger partial charge in [0.2, 0.25) is 5.78 Å². The highest BCUT2D eigenvalue weighted by molar-refractivity contribution is 7.18. The van der Waals surface area contributed by atoms with E-state index in [0.29, 0.717) is 64.0 Å². The zero-order chi connectivity index (χ0) is 22.9. The van der Waals surface area contributed by atoms with Crippen molar-refractivity contribution >= 4 is 51.4 Å². The molecule has 0 unspecified atom stereocenters. The van der Waals surface area contributed by atoms with Crippen LogP contribution < -0.4 is 4.90 Å². The molecule has 0 saturated carbocycles. The zero-order valence-corrected chi connectivity index (χ0v) is 19.5. The lowest BCUT2D eigenvalue weighted by atomic mass is 10.1. The maximum Gasteiger partial charge on any atom is 0.289 e. The second kappa shape index (κ2) is 9.05. The van der Waals surface area contributed by atoms with E-state index in [-0.39, 0.29) is 16.7 Å². The average Bonchev–Trinajstić information content (AvgIpc) is 3.60. The highest BCUT2D eigenvalue weighted by Crippen LogP contribution is 2.36. The third kappa shape index (κ3) is 4.29. The Morgan fingerprint density at radius 1 is 0.970 bits per heavy atom. The molecule has 1 saturated heterocycles. The number of hydrogen-bond donors (Lipinski definition) is 0. The summed E-state index contributed by atoms with van der Waals surface area (Å²) in [4.78, 5) is 34.9. The van der Waals surface area contributed by atoms with Crippen molar-refractivity contribution in [3.63, 3.8) is 0 Å². The van der Waals surface area contributed by atoms with Gasteiger partial charge in [-0.3, -0.25) is 9.59 Å². The van der Waals surface area contributed by atoms with Crippen molar-refractivity contribution < 1.29 is 18.4 Å². The van der Waals surface area contributed by atoms with E-state index < -0.39 is 0 Å². The largest absolute Gasteiger partial charge is 0.463 e. The lowest BCUT2D eigenvalue weighted by Gasteiger charge is -2.34. The number of benzene rings is 1. The standard InChI is InChI=1S/C23H17Cl2N3O4S/c24-14-5-6-15(16(25)13-14)20(29)21-19(17-3-1-11-31-17)26-23(33-21)28-9-7-27(8-10-28)22(30)18-4-2-12-32-18/h1-6,11-13H,7-10H2. The highest BCUT2D eigenvalue weighted by atomic mass is 35.5. The van der Waals surface area contributed by atoms with Gasteiger partial charge in [-0.2, -0.15) is 0 Å². The fourth-order valence-electron chi connectivity index (χ4n) is 3.63. The van der Waals surface area contributed by atoms with Crippen molar-refractivity contribution in [1.29, 1.82) is 0 Å². The summed E-state index contributed by atoms with van der Waals surface area (Å²) >= 11 is 13.6. The van der Waals surface area contributed by atoms with Crippen molar-refractivity contribution in [2.75, 3.05) is 31.1 Å². The van der Waals surface area contributed by atoms with Gasteiger partial charge in [-0.1, -0.05) is 34.5 Å². The van der Waals surface area contributed by atoms with Crippen LogP contribution in [0.4, 0.5) is 5.13 Å². The van der Waals surface area contributed by atoms with E-state index in [1.807, 2.05) is 0 Å². The molecule has 0 N–H and O–H groups in total. The summed E-state index contributed by atoms with van der Waals surface area (Å²) < 4.78 is 10.8. The first-order valence-corrected chi connectivity index (χ1v) is 11.7. The molecule has 4 aromatic rings. The lowest BCUT2D eigenvalue weighted by molar-refractivity contribution is 0.0714. The number of amides is 1. The number of halogens is 2. The molecule has 168 valence electrons. The minimum Gasteiger partial charge on any atom is -0.463 e. The Kier molecular flexibility index (Phi) is 5.97. The van der Waals surface area contributed by atoms with E-state index in [4.69, 9.17) is 37.0 Å². The van der Waals surface area contributed by atoms with Gasteiger partial charge < -0.3 is 18.6 Å². The molecule has 0 aliphatic carbocycles. The van der Waals surface area contributed by atoms with E-state index in [0.717, 1.165) is 0 Å². The molecule has 0 atom stereocenters. The van der Waals surface area contributed by atoms with Gasteiger partial charge in [-0.15, -0.1) is 0 Å². The first-order valence-electron chi connectivity index (χ1n) is 10.1. The number of thiazole rings is 1. The first kappa shape index (κ1) is 21.8. The second-order valence-electron chi connectivity index (χ2n) is 7.36. The third-order valence-electron chi connectivity index (χ3n) is 5.32. The number of nitrogens with zero attached hydrogens (tertiary/aromatic N) is 3. The molecule has 3 aromatic heterocycles. The van der Waals surface area contributed by atoms with Crippen LogP contribution in [0.15, 0.2) is 63.8 Å². The minimum absolute atomic E-state index is 0.136. The summed E-state index contributed by atoms with van der Waals surface area (Å²) in [6, 6.07) is 11.6. The maximum absolute atomic E-state index is 13.4. The molecule has 10 heteroatoms. The smallest absolute Gasteiger partial charge is 0.289 e. The molecule has 1 aromatic carbocycles. The second-order valence-corrected chi connectivity index (χ2v) is 9.18. The van der Waals surface area contributed by atoms with Crippen LogP contribution in [0.25, 0.3) is 11.5 Å². The predicted octanol–water partition coefficient (Wildman–Crippen LogP) is 5.50. The SMILES string of the molecule is O=C(c1ccc(Cl)cc1Cl)c1sc(N2CCN(C(=O)c3ccco3)CC2)nc1-c1ccco1. The summed E-state index contributed by atoms with van der Waals surface area (Å²) in [5, 5.41) is 1.41. The number of anilines is 1. The van der Waals surface area contributed by atoms with Crippen molar-refractivity contribution in [2.45, 2.75) is 0 Å². The van der Waals surface area contributed by atoms with E-state index in [2.05, 4.69) is 4.90 Å². The van der Waals surface area contributed by atoms with Crippen LogP contribution in [0.1, 0.15) is 25.8 Å². The molecule has 1 amide bonds. The van der Waals surface area contributed by atoms with Gasteiger partial charge in [0.1, 0.15) is 10.6 Å². The number of piperazine rings is 1. The molecular weight excluding hydrogens is 485 g/mol. The van der Waals surface area contributed by atoms with E-state index in [1.54, 1.807) is 47.4 Å². The fraction of sp³-hybridized carbons (Fsp3) is 0.174. The summed E-state index contributed by atoms with van der Waals surface area (Å²) in [5.74, 6) is 0.435. The summed E-state index contributed by atoms with van der Waals surface area (Å²) in [5.41, 5.74) is 0.808. The van der Waals surface area contributed by atoms with Crippen LogP contribution in [0.5, 0.6) is 0 Å². The molecule has 1 fully saturated rings. The Labute approximate surface area is 203 Å². The van der Waals surface area contributed by atoms with Crippen LogP contribution in [0.2, 0.25) is 10.0 Å². The third-order valence-corrected chi connectivity index (χ3v) is 6.98. The number of carbonyl (C=O) groups is 2. The lowest BCUT2D eigenvalue weighted by Crippen LogP contribution is -2.48. The topological polar surface area (TPSA) is 79.8 Å². The van der Waals surface area contributed by atoms with Crippen molar-refractivity contribution in [2.24, 2.45) is 0 Å². The number of furan rings is 2. The average molecular weight is 502 g/mol. The highest BCUT2D eigenvalue weighted by Gasteiger charge is 2.29. The normalized spacial score (nSPS) is 14.0. The van der Waals surface area contributed by atoms with Crippen LogP contribution in [0.3, 0.4) is 0 Å². The quantitative estimate of drug-likeness (QED) is 0.336. The zero-order valence-electron chi connectivity index (χ0n) is 17.2. The number of ketones is 1. The summed E-state index contributed by atoms with van der Waals surface area (Å²) in [7, 11) is 0. The summed E-state index contributed by atoms with van der Waals surface area (Å²) in [6.45, 7) is 2.18. The number of rotatable bonds is 5. The molecular formula is C23H17Cl2N3O4S. The van der Waals surface area contributed by atoms with E-state index >= 15 is 0 Å². The Morgan fingerprint density at radius 2 is 1.73 bits per heavy atom. The molecule has 5 rings (SSSR count). The van der Waals surface area contributed by atoms with Gasteiger partial charge in [-0.25, -0.2) is 4.98 Å². The van der Waals surface area contributed by atoms with Gasteiger partial charge in [-0.05, 0) is 42.5 Å². The van der Waals surface area contributed by atoms with Gasteiger partial charge in [0.15, 0.2) is 16.7 Å². The number of hydrogen-bond acceptors (Lipinski definition) is 7. The molecule has 0 bridgehead atoms. The van der Waals surface area contributed by atoms with Crippen molar-refractivity contribution in [3.05, 3.63) is 81.2 Å². The van der Waals surface area contributed by atoms with Crippen molar-refractivity contribution in [3.8, 4) is 11.5 Å². The van der Waals surface area contributed by atoms with Gasteiger partial charge in [0.25, 0.3) is 5.91 Å². The van der Waals surface area contributed by atoms with Gasteiger partial charge in [0, 0.05) is 36.8 Å². The molecule has 4 heterocycles. The van der Waals surface area contributed by atoms with Crippen LogP contribution in [-0.2, 0) is 0 Å². The summed E-state index contributed by atoms with van der Waals surface area (Å²) in [6.07, 6.45) is 3.03. The predicted molar refractivity (Wildman–Crippen MR) is 127 cm³/mol. The molecule has 0 radical (unpaired) electrons. The number of aromatic nitrogens is 1. The first-order chi connectivity index (χ1) is 16.0. The van der Waals surface area contributed by atoms with Crippen LogP contribution in [0, 0.1) is 0 Å². The molecule has 1 aliphatic rings. The maximum atomic E-state index is 13.4.